The highest BCUT2D eigenvalue weighted by Crippen LogP contribution is 2.51. The molecule has 1 atom stereocenters. The molecule has 1 aromatic carbocycles. The fourth-order valence-corrected chi connectivity index (χ4v) is 7.32. The third kappa shape index (κ3) is 3.81. The first-order valence-corrected chi connectivity index (χ1v) is 13.2. The predicted octanol–water partition coefficient (Wildman–Crippen LogP) is 2.05. The molecule has 34 heavy (non-hydrogen) atoms. The molecule has 5 rings (SSSR count). The summed E-state index contributed by atoms with van der Waals surface area (Å²) >= 11 is 5.89. The Bertz CT molecular complexity index is 1250. The van der Waals surface area contributed by atoms with Gasteiger partial charge in [-0.2, -0.15) is 0 Å². The molecule has 0 spiro atoms. The molecule has 1 saturated heterocycles. The van der Waals surface area contributed by atoms with Gasteiger partial charge in [0, 0.05) is 31.2 Å². The van der Waals surface area contributed by atoms with Gasteiger partial charge in [0.1, 0.15) is 5.69 Å². The number of hydrogen-bond acceptors (Lipinski definition) is 6. The number of nitrogens with one attached hydrogen (secondary N) is 1. The Morgan fingerprint density at radius 1 is 1.26 bits per heavy atom. The van der Waals surface area contributed by atoms with Crippen molar-refractivity contribution in [3.63, 3.8) is 0 Å². The van der Waals surface area contributed by atoms with Crippen LogP contribution in [0, 0.1) is 0 Å². The van der Waals surface area contributed by atoms with E-state index in [2.05, 4.69) is 10.3 Å². The molecular weight excluding hydrogens is 480 g/mol. The summed E-state index contributed by atoms with van der Waals surface area (Å²) in [4.78, 5) is 31.7. The highest BCUT2D eigenvalue weighted by molar-refractivity contribution is 7.94. The molecule has 182 valence electrons. The van der Waals surface area contributed by atoms with Gasteiger partial charge in [-0.05, 0) is 44.4 Å². The minimum absolute atomic E-state index is 0.146. The average Bonchev–Trinajstić information content (AvgIpc) is 3.73. The summed E-state index contributed by atoms with van der Waals surface area (Å²) in [5.74, 6) is -0.523. The van der Waals surface area contributed by atoms with Crippen molar-refractivity contribution in [2.75, 3.05) is 19.7 Å². The molecule has 2 aliphatic heterocycles. The van der Waals surface area contributed by atoms with Gasteiger partial charge in [0.2, 0.25) is 0 Å². The van der Waals surface area contributed by atoms with E-state index in [9.17, 15) is 18.0 Å². The second-order valence-electron chi connectivity index (χ2n) is 9.77. The molecule has 9 nitrogen and oxygen atoms in total. The van der Waals surface area contributed by atoms with Crippen LogP contribution in [0.1, 0.15) is 53.4 Å². The van der Waals surface area contributed by atoms with E-state index < -0.39 is 19.3 Å². The maximum absolute atomic E-state index is 13.4. The molecule has 0 bridgehead atoms. The third-order valence-electron chi connectivity index (χ3n) is 7.18. The minimum atomic E-state index is -3.52. The summed E-state index contributed by atoms with van der Waals surface area (Å²) in [5.41, 5.74) is 1.18. The molecule has 0 radical (unpaired) electrons. The highest BCUT2D eigenvalue weighted by atomic mass is 35.5. The van der Waals surface area contributed by atoms with Crippen molar-refractivity contribution >= 4 is 33.3 Å². The number of nitrogens with zero attached hydrogens (tertiary/aromatic N) is 3. The summed E-state index contributed by atoms with van der Waals surface area (Å²) in [5, 5.41) is 3.43. The van der Waals surface area contributed by atoms with Crippen LogP contribution in [0.2, 0.25) is 5.02 Å². The van der Waals surface area contributed by atoms with Crippen LogP contribution >= 0.6 is 11.6 Å². The van der Waals surface area contributed by atoms with E-state index in [1.807, 2.05) is 12.1 Å². The number of sulfone groups is 1. The lowest BCUT2D eigenvalue weighted by Gasteiger charge is -2.35. The number of rotatable bonds is 8. The number of imidazole rings is 1. The predicted molar refractivity (Wildman–Crippen MR) is 125 cm³/mol. The second kappa shape index (κ2) is 8.07. The fourth-order valence-electron chi connectivity index (χ4n) is 4.63. The summed E-state index contributed by atoms with van der Waals surface area (Å²) in [6, 6.07) is 7.14. The van der Waals surface area contributed by atoms with Crippen LogP contribution in [0.25, 0.3) is 0 Å². The number of benzene rings is 1. The highest BCUT2D eigenvalue weighted by Gasteiger charge is 2.64. The third-order valence-corrected chi connectivity index (χ3v) is 10.8. The van der Waals surface area contributed by atoms with E-state index >= 15 is 0 Å². The van der Waals surface area contributed by atoms with Gasteiger partial charge in [0.25, 0.3) is 11.8 Å². The van der Waals surface area contributed by atoms with Gasteiger partial charge in [0.15, 0.2) is 15.7 Å². The first-order chi connectivity index (χ1) is 16.1. The van der Waals surface area contributed by atoms with Crippen LogP contribution in [0.3, 0.4) is 0 Å². The Balaban J connectivity index is 1.28. The van der Waals surface area contributed by atoms with Crippen molar-refractivity contribution in [1.82, 2.24) is 19.8 Å². The van der Waals surface area contributed by atoms with Crippen LogP contribution in [0.5, 0.6) is 0 Å². The first kappa shape index (κ1) is 23.3. The second-order valence-corrected chi connectivity index (χ2v) is 13.1. The van der Waals surface area contributed by atoms with Crippen LogP contribution in [-0.2, 0) is 27.7 Å². The normalized spacial score (nSPS) is 21.2. The van der Waals surface area contributed by atoms with Crippen molar-refractivity contribution in [2.24, 2.45) is 0 Å². The lowest BCUT2D eigenvalue weighted by Crippen LogP contribution is -2.52. The van der Waals surface area contributed by atoms with Crippen molar-refractivity contribution in [3.05, 3.63) is 52.6 Å². The topological polar surface area (TPSA) is 114 Å². The number of amides is 2. The van der Waals surface area contributed by atoms with Gasteiger partial charge in [-0.25, -0.2) is 13.4 Å². The summed E-state index contributed by atoms with van der Waals surface area (Å²) in [7, 11) is -3.52. The van der Waals surface area contributed by atoms with Crippen molar-refractivity contribution in [2.45, 2.75) is 55.4 Å². The van der Waals surface area contributed by atoms with Crippen molar-refractivity contribution in [3.8, 4) is 0 Å². The molecule has 1 unspecified atom stereocenters. The van der Waals surface area contributed by atoms with Crippen LogP contribution in [-0.4, -0.2) is 70.0 Å². The van der Waals surface area contributed by atoms with Gasteiger partial charge in [-0.3, -0.25) is 9.59 Å². The Hall–Kier alpha value is -2.43. The van der Waals surface area contributed by atoms with Gasteiger partial charge < -0.3 is 19.5 Å². The molecule has 2 fully saturated rings. The standard InChI is InChI=1S/C23H27ClN4O5S/c1-22(2,18-13-33-18)34(31,32)23(7-8-23)14-27-9-10-28-17(21(27)30)12-25-19(28)20(29)26-11-15-3-5-16(24)6-4-15/h3-6,12,18H,7-11,13-14H2,1-2H3,(H,26,29). The lowest BCUT2D eigenvalue weighted by molar-refractivity contribution is 0.0698. The monoisotopic (exact) mass is 506 g/mol. The molecule has 11 heteroatoms. The van der Waals surface area contributed by atoms with E-state index in [-0.39, 0.29) is 30.3 Å². The Morgan fingerprint density at radius 3 is 2.56 bits per heavy atom. The molecule has 1 aromatic heterocycles. The summed E-state index contributed by atoms with van der Waals surface area (Å²) in [6.07, 6.45) is 2.17. The van der Waals surface area contributed by atoms with E-state index in [0.29, 0.717) is 49.8 Å². The van der Waals surface area contributed by atoms with E-state index in [1.165, 1.54) is 6.20 Å². The number of hydrogen-bond donors (Lipinski definition) is 1. The average molecular weight is 507 g/mol. The minimum Gasteiger partial charge on any atom is -0.371 e. The summed E-state index contributed by atoms with van der Waals surface area (Å²) < 4.78 is 31.9. The van der Waals surface area contributed by atoms with Crippen LogP contribution in [0.15, 0.2) is 30.5 Å². The van der Waals surface area contributed by atoms with Gasteiger partial charge >= 0.3 is 0 Å². The number of carbonyl (C=O) groups excluding carboxylic acids is 2. The molecular formula is C23H27ClN4O5S. The van der Waals surface area contributed by atoms with Crippen LogP contribution in [0.4, 0.5) is 0 Å². The Labute approximate surface area is 203 Å². The number of ether oxygens (including phenoxy) is 1. The zero-order valence-corrected chi connectivity index (χ0v) is 20.7. The maximum atomic E-state index is 13.4. The lowest BCUT2D eigenvalue weighted by atomic mass is 10.1. The van der Waals surface area contributed by atoms with Gasteiger partial charge in [-0.1, -0.05) is 23.7 Å². The number of halogens is 1. The SMILES string of the molecule is CC(C)(C1CO1)S(=O)(=O)C1(CN2CCn3c(cnc3C(=O)NCc3ccc(Cl)cc3)C2=O)CC1. The van der Waals surface area contributed by atoms with Crippen LogP contribution < -0.4 is 5.32 Å². The number of carbonyl (C=O) groups is 2. The van der Waals surface area contributed by atoms with Gasteiger partial charge in [-0.15, -0.1) is 0 Å². The number of fused-ring (bicyclic) bond motifs is 1. The first-order valence-electron chi connectivity index (χ1n) is 11.3. The summed E-state index contributed by atoms with van der Waals surface area (Å²) in [6.45, 7) is 5.01. The zero-order valence-electron chi connectivity index (χ0n) is 19.1. The number of aromatic nitrogens is 2. The van der Waals surface area contributed by atoms with Gasteiger partial charge in [0.05, 0.1) is 28.4 Å². The molecule has 1 aliphatic carbocycles. The van der Waals surface area contributed by atoms with Crippen molar-refractivity contribution in [1.29, 1.82) is 0 Å². The molecule has 3 aliphatic rings. The molecule has 3 heterocycles. The van der Waals surface area contributed by atoms with E-state index in [1.54, 1.807) is 35.4 Å². The Morgan fingerprint density at radius 2 is 1.94 bits per heavy atom. The smallest absolute Gasteiger partial charge is 0.287 e. The fraction of sp³-hybridized carbons (Fsp3) is 0.522. The number of epoxide rings is 1. The maximum Gasteiger partial charge on any atom is 0.287 e. The molecule has 1 N–H and O–H groups in total. The quantitative estimate of drug-likeness (QED) is 0.548. The van der Waals surface area contributed by atoms with E-state index in [0.717, 1.165) is 5.56 Å². The molecule has 2 aromatic rings. The van der Waals surface area contributed by atoms with E-state index in [4.69, 9.17) is 16.3 Å². The molecule has 2 amide bonds. The zero-order chi connectivity index (χ0) is 24.3. The largest absolute Gasteiger partial charge is 0.371 e. The van der Waals surface area contributed by atoms with Crippen molar-refractivity contribution < 1.29 is 22.7 Å². The molecule has 1 saturated carbocycles. The Kier molecular flexibility index (Phi) is 5.53.